The van der Waals surface area contributed by atoms with Crippen molar-refractivity contribution in [2.45, 2.75) is 11.3 Å². The van der Waals surface area contributed by atoms with E-state index >= 15 is 0 Å². The summed E-state index contributed by atoms with van der Waals surface area (Å²) >= 11 is 1.02. The Morgan fingerprint density at radius 2 is 1.67 bits per heavy atom. The molecule has 0 bridgehead atoms. The highest BCUT2D eigenvalue weighted by atomic mass is 35.5. The third kappa shape index (κ3) is 6.04. The number of carbonyl (C=O) groups excluding carboxylic acids is 1. The second-order valence-corrected chi connectivity index (χ2v) is 10.8. The Labute approximate surface area is 202 Å². The van der Waals surface area contributed by atoms with Crippen molar-refractivity contribution in [3.63, 3.8) is 0 Å². The van der Waals surface area contributed by atoms with Crippen LogP contribution in [0, 0.1) is 11.6 Å². The number of sulfonamides is 1. The zero-order valence-electron chi connectivity index (χ0n) is 18.6. The summed E-state index contributed by atoms with van der Waals surface area (Å²) in [7, 11) is 3.04. The Hall–Kier alpha value is -2.18. The maximum absolute atomic E-state index is 14.2. The van der Waals surface area contributed by atoms with Gasteiger partial charge in [0, 0.05) is 32.3 Å². The van der Waals surface area contributed by atoms with Crippen molar-refractivity contribution >= 4 is 55.0 Å². The minimum absolute atomic E-state index is 0. The topological polar surface area (TPSA) is 73.8 Å². The van der Waals surface area contributed by atoms with Gasteiger partial charge in [-0.15, -0.1) is 12.4 Å². The summed E-state index contributed by atoms with van der Waals surface area (Å²) in [5.74, 6) is -1.91. The van der Waals surface area contributed by atoms with Crippen molar-refractivity contribution in [2.75, 3.05) is 46.2 Å². The number of rotatable bonds is 8. The van der Waals surface area contributed by atoms with Gasteiger partial charge in [0.15, 0.2) is 10.9 Å². The van der Waals surface area contributed by atoms with Gasteiger partial charge in [0.25, 0.3) is 5.91 Å². The molecule has 180 valence electrons. The first-order valence-corrected chi connectivity index (χ1v) is 12.0. The van der Waals surface area contributed by atoms with E-state index in [2.05, 4.69) is 4.98 Å². The molecule has 3 aromatic rings. The van der Waals surface area contributed by atoms with Crippen LogP contribution in [0.25, 0.3) is 10.2 Å². The van der Waals surface area contributed by atoms with Gasteiger partial charge in [0.2, 0.25) is 10.0 Å². The van der Waals surface area contributed by atoms with Crippen molar-refractivity contribution in [3.05, 3.63) is 53.6 Å². The van der Waals surface area contributed by atoms with Crippen LogP contribution in [0.4, 0.5) is 13.9 Å². The normalized spacial score (nSPS) is 11.8. The Morgan fingerprint density at radius 3 is 2.24 bits per heavy atom. The summed E-state index contributed by atoms with van der Waals surface area (Å²) in [6.45, 7) is 1.01. The Kier molecular flexibility index (Phi) is 8.88. The summed E-state index contributed by atoms with van der Waals surface area (Å²) < 4.78 is 53.7. The van der Waals surface area contributed by atoms with E-state index in [-0.39, 0.29) is 33.5 Å². The number of nitrogens with zero attached hydrogens (tertiary/aromatic N) is 4. The molecule has 0 N–H and O–H groups in total. The van der Waals surface area contributed by atoms with E-state index in [9.17, 15) is 22.0 Å². The van der Waals surface area contributed by atoms with E-state index in [1.54, 1.807) is 0 Å². The van der Waals surface area contributed by atoms with E-state index in [0.29, 0.717) is 24.2 Å². The fourth-order valence-corrected chi connectivity index (χ4v) is 4.96. The molecule has 0 aliphatic carbocycles. The predicted octanol–water partition coefficient (Wildman–Crippen LogP) is 3.85. The molecule has 2 aromatic carbocycles. The van der Waals surface area contributed by atoms with Gasteiger partial charge in [-0.25, -0.2) is 26.5 Å². The van der Waals surface area contributed by atoms with Crippen LogP contribution in [-0.2, 0) is 10.0 Å². The number of benzene rings is 2. The highest BCUT2D eigenvalue weighted by molar-refractivity contribution is 7.89. The lowest BCUT2D eigenvalue weighted by molar-refractivity contribution is 0.0986. The van der Waals surface area contributed by atoms with E-state index < -0.39 is 27.6 Å². The lowest BCUT2D eigenvalue weighted by Crippen LogP contribution is -2.33. The number of thiazole rings is 1. The Balaban J connectivity index is 0.00000385. The third-order valence-corrected chi connectivity index (χ3v) is 7.60. The summed E-state index contributed by atoms with van der Waals surface area (Å²) in [6.07, 6.45) is 0.624. The van der Waals surface area contributed by atoms with Crippen LogP contribution >= 0.6 is 23.7 Å². The van der Waals surface area contributed by atoms with Gasteiger partial charge in [0.1, 0.15) is 11.3 Å². The summed E-state index contributed by atoms with van der Waals surface area (Å²) in [5.41, 5.74) is 0.266. The summed E-state index contributed by atoms with van der Waals surface area (Å²) in [4.78, 5) is 21.0. The maximum atomic E-state index is 14.2. The molecule has 0 unspecified atom stereocenters. The molecule has 3 rings (SSSR count). The Morgan fingerprint density at radius 1 is 1.03 bits per heavy atom. The quantitative estimate of drug-likeness (QED) is 0.453. The van der Waals surface area contributed by atoms with Crippen LogP contribution < -0.4 is 4.90 Å². The molecule has 7 nitrogen and oxygen atoms in total. The van der Waals surface area contributed by atoms with E-state index in [4.69, 9.17) is 0 Å². The van der Waals surface area contributed by atoms with Crippen LogP contribution in [0.5, 0.6) is 0 Å². The van der Waals surface area contributed by atoms with Crippen LogP contribution in [0.1, 0.15) is 16.8 Å². The van der Waals surface area contributed by atoms with Gasteiger partial charge in [-0.2, -0.15) is 0 Å². The number of hydrogen-bond acceptors (Lipinski definition) is 6. The molecular formula is C21H25ClF2N4O3S2. The number of halogens is 3. The van der Waals surface area contributed by atoms with Crippen molar-refractivity contribution in [2.24, 2.45) is 0 Å². The number of fused-ring (bicyclic) bond motifs is 1. The molecule has 1 amide bonds. The highest BCUT2D eigenvalue weighted by Crippen LogP contribution is 2.32. The monoisotopic (exact) mass is 518 g/mol. The molecule has 1 aromatic heterocycles. The fraction of sp³-hybridized carbons (Fsp3) is 0.333. The van der Waals surface area contributed by atoms with Gasteiger partial charge in [0.05, 0.1) is 9.60 Å². The van der Waals surface area contributed by atoms with Crippen molar-refractivity contribution in [1.82, 2.24) is 14.2 Å². The molecule has 33 heavy (non-hydrogen) atoms. The highest BCUT2D eigenvalue weighted by Gasteiger charge is 2.24. The molecule has 0 fully saturated rings. The summed E-state index contributed by atoms with van der Waals surface area (Å²) in [5, 5.41) is 0.248. The third-order valence-electron chi connectivity index (χ3n) is 4.74. The van der Waals surface area contributed by atoms with Crippen molar-refractivity contribution in [1.29, 1.82) is 0 Å². The molecule has 0 atom stereocenters. The first kappa shape index (κ1) is 27.1. The second-order valence-electron chi connectivity index (χ2n) is 7.66. The minimum Gasteiger partial charge on any atom is -0.309 e. The second kappa shape index (κ2) is 10.8. The van der Waals surface area contributed by atoms with E-state index in [1.165, 1.54) is 49.3 Å². The van der Waals surface area contributed by atoms with Crippen molar-refractivity contribution in [3.8, 4) is 0 Å². The van der Waals surface area contributed by atoms with Gasteiger partial charge < -0.3 is 4.90 Å². The van der Waals surface area contributed by atoms with Gasteiger partial charge >= 0.3 is 0 Å². The maximum Gasteiger partial charge on any atom is 0.260 e. The molecule has 0 radical (unpaired) electrons. The number of hydrogen-bond donors (Lipinski definition) is 0. The molecule has 0 spiro atoms. The first-order valence-electron chi connectivity index (χ1n) is 9.75. The van der Waals surface area contributed by atoms with Crippen LogP contribution in [0.15, 0.2) is 41.3 Å². The molecule has 0 aliphatic heterocycles. The minimum atomic E-state index is -3.63. The SMILES string of the molecule is CN(C)CCCN(C(=O)c1ccc(S(=O)(=O)N(C)C)cc1)c1nc2c(F)cc(F)cc2s1.Cl. The molecule has 1 heterocycles. The molecule has 0 saturated carbocycles. The van der Waals surface area contributed by atoms with Gasteiger partial charge in [-0.3, -0.25) is 9.69 Å². The number of amides is 1. The predicted molar refractivity (Wildman–Crippen MR) is 129 cm³/mol. The lowest BCUT2D eigenvalue weighted by atomic mass is 10.2. The van der Waals surface area contributed by atoms with Crippen LogP contribution in [-0.4, -0.2) is 69.8 Å². The molecule has 12 heteroatoms. The number of anilines is 1. The standard InChI is InChI=1S/C21H24F2N4O3S2.ClH/c1-25(2)10-5-11-27(21-24-19-17(23)12-15(22)13-18(19)31-21)20(28)14-6-8-16(9-7-14)32(29,30)26(3)4;/h6-9,12-13H,5,10-11H2,1-4H3;1H. The average molecular weight is 519 g/mol. The van der Waals surface area contributed by atoms with E-state index in [0.717, 1.165) is 21.7 Å². The lowest BCUT2D eigenvalue weighted by Gasteiger charge is -2.21. The smallest absolute Gasteiger partial charge is 0.260 e. The van der Waals surface area contributed by atoms with Gasteiger partial charge in [-0.05, 0) is 57.4 Å². The van der Waals surface area contributed by atoms with Crippen molar-refractivity contribution < 1.29 is 22.0 Å². The first-order chi connectivity index (χ1) is 15.0. The largest absolute Gasteiger partial charge is 0.309 e. The average Bonchev–Trinajstić information content (AvgIpc) is 3.14. The molecular weight excluding hydrogens is 494 g/mol. The molecule has 0 aliphatic rings. The van der Waals surface area contributed by atoms with E-state index in [1.807, 2.05) is 19.0 Å². The van der Waals surface area contributed by atoms with Crippen LogP contribution in [0.3, 0.4) is 0 Å². The number of aromatic nitrogens is 1. The van der Waals surface area contributed by atoms with Crippen LogP contribution in [0.2, 0.25) is 0 Å². The fourth-order valence-electron chi connectivity index (χ4n) is 3.03. The van der Waals surface area contributed by atoms with Gasteiger partial charge in [-0.1, -0.05) is 11.3 Å². The zero-order chi connectivity index (χ0) is 23.6. The molecule has 0 saturated heterocycles. The zero-order valence-corrected chi connectivity index (χ0v) is 21.0. The Bertz CT molecular complexity index is 1230. The summed E-state index contributed by atoms with van der Waals surface area (Å²) in [6, 6.07) is 7.55. The number of carbonyl (C=O) groups is 1.